The standard InChI is InChI=1S/C27H31N5O2/c1-27(2,26(34)29-23-10-11-24-22(19-23)12-16-30(24)3)32(15-7-14-31-17-13-28-20-31)25(33)18-21-8-5-4-6-9-21/h4-6,8-13,16-17,19-20H,7,14-15,18H2,1-3H3,(H,29,34). The van der Waals surface area contributed by atoms with E-state index < -0.39 is 5.54 Å². The third kappa shape index (κ3) is 5.20. The Morgan fingerprint density at radius 1 is 1.06 bits per heavy atom. The number of imidazole rings is 1. The third-order valence-electron chi connectivity index (χ3n) is 6.23. The molecule has 0 aliphatic carbocycles. The van der Waals surface area contributed by atoms with Crippen LogP contribution in [-0.2, 0) is 29.6 Å². The van der Waals surface area contributed by atoms with Gasteiger partial charge in [-0.05, 0) is 50.1 Å². The highest BCUT2D eigenvalue weighted by Gasteiger charge is 2.37. The van der Waals surface area contributed by atoms with Crippen molar-refractivity contribution in [3.63, 3.8) is 0 Å². The van der Waals surface area contributed by atoms with E-state index in [4.69, 9.17) is 0 Å². The summed E-state index contributed by atoms with van der Waals surface area (Å²) >= 11 is 0. The van der Waals surface area contributed by atoms with Crippen LogP contribution in [0.4, 0.5) is 5.69 Å². The maximum Gasteiger partial charge on any atom is 0.249 e. The van der Waals surface area contributed by atoms with Gasteiger partial charge >= 0.3 is 0 Å². The summed E-state index contributed by atoms with van der Waals surface area (Å²) in [6.07, 6.45) is 8.34. The summed E-state index contributed by atoms with van der Waals surface area (Å²) in [5.74, 6) is -0.290. The summed E-state index contributed by atoms with van der Waals surface area (Å²) in [5.41, 5.74) is 1.70. The van der Waals surface area contributed by atoms with Gasteiger partial charge in [-0.25, -0.2) is 4.98 Å². The summed E-state index contributed by atoms with van der Waals surface area (Å²) < 4.78 is 4.01. The molecule has 0 saturated heterocycles. The minimum atomic E-state index is -1.04. The van der Waals surface area contributed by atoms with Gasteiger partial charge in [0.25, 0.3) is 0 Å². The summed E-state index contributed by atoms with van der Waals surface area (Å²) in [5, 5.41) is 4.08. The summed E-state index contributed by atoms with van der Waals surface area (Å²) in [7, 11) is 1.99. The first kappa shape index (κ1) is 23.3. The second-order valence-electron chi connectivity index (χ2n) is 9.08. The van der Waals surface area contributed by atoms with Crippen LogP contribution < -0.4 is 5.32 Å². The van der Waals surface area contributed by atoms with Crippen molar-refractivity contribution in [2.24, 2.45) is 7.05 Å². The lowest BCUT2D eigenvalue weighted by molar-refractivity contribution is -0.143. The Labute approximate surface area is 200 Å². The Bertz CT molecular complexity index is 1260. The Balaban J connectivity index is 1.52. The molecule has 2 aromatic heterocycles. The number of anilines is 1. The van der Waals surface area contributed by atoms with Crippen molar-refractivity contribution in [1.29, 1.82) is 0 Å². The second kappa shape index (κ2) is 9.95. The number of aromatic nitrogens is 3. The molecule has 2 amide bonds. The van der Waals surface area contributed by atoms with Gasteiger partial charge in [0, 0.05) is 55.3 Å². The monoisotopic (exact) mass is 457 g/mol. The molecule has 4 rings (SSSR count). The zero-order valence-corrected chi connectivity index (χ0v) is 19.9. The number of amides is 2. The molecule has 0 fully saturated rings. The number of nitrogens with zero attached hydrogens (tertiary/aromatic N) is 4. The number of nitrogens with one attached hydrogen (secondary N) is 1. The number of hydrogen-bond donors (Lipinski definition) is 1. The molecule has 0 bridgehead atoms. The second-order valence-corrected chi connectivity index (χ2v) is 9.08. The van der Waals surface area contributed by atoms with E-state index in [9.17, 15) is 9.59 Å². The van der Waals surface area contributed by atoms with Crippen LogP contribution in [0.1, 0.15) is 25.8 Å². The summed E-state index contributed by atoms with van der Waals surface area (Å²) in [6.45, 7) is 4.80. The lowest BCUT2D eigenvalue weighted by Crippen LogP contribution is -2.56. The molecule has 7 nitrogen and oxygen atoms in total. The third-order valence-corrected chi connectivity index (χ3v) is 6.23. The predicted molar refractivity (Wildman–Crippen MR) is 134 cm³/mol. The van der Waals surface area contributed by atoms with Gasteiger partial charge in [0.15, 0.2) is 0 Å². The van der Waals surface area contributed by atoms with Gasteiger partial charge in [0.2, 0.25) is 11.8 Å². The van der Waals surface area contributed by atoms with Crippen LogP contribution in [0.3, 0.4) is 0 Å². The van der Waals surface area contributed by atoms with Crippen molar-refractivity contribution in [2.75, 3.05) is 11.9 Å². The first-order valence-electron chi connectivity index (χ1n) is 11.5. The van der Waals surface area contributed by atoms with Crippen LogP contribution in [-0.4, -0.2) is 42.9 Å². The van der Waals surface area contributed by atoms with Gasteiger partial charge in [-0.1, -0.05) is 30.3 Å². The SMILES string of the molecule is Cn1ccc2cc(NC(=O)C(C)(C)N(CCCn3ccnc3)C(=O)Cc3ccccc3)ccc21. The molecule has 0 aliphatic rings. The molecule has 1 N–H and O–H groups in total. The number of benzene rings is 2. The van der Waals surface area contributed by atoms with Crippen molar-refractivity contribution in [1.82, 2.24) is 19.0 Å². The Hall–Kier alpha value is -3.87. The van der Waals surface area contributed by atoms with Crippen molar-refractivity contribution in [3.8, 4) is 0 Å². The molecule has 176 valence electrons. The molecule has 2 aromatic carbocycles. The summed E-state index contributed by atoms with van der Waals surface area (Å²) in [4.78, 5) is 32.6. The number of carbonyl (C=O) groups excluding carboxylic acids is 2. The van der Waals surface area contributed by atoms with E-state index in [1.807, 2.05) is 97.0 Å². The normalized spacial score (nSPS) is 11.5. The minimum absolute atomic E-state index is 0.0736. The Morgan fingerprint density at radius 3 is 2.59 bits per heavy atom. The van der Waals surface area contributed by atoms with Crippen molar-refractivity contribution >= 4 is 28.4 Å². The molecule has 0 spiro atoms. The van der Waals surface area contributed by atoms with E-state index in [2.05, 4.69) is 10.3 Å². The van der Waals surface area contributed by atoms with E-state index in [-0.39, 0.29) is 18.2 Å². The molecule has 0 saturated carbocycles. The molecule has 0 aliphatic heterocycles. The van der Waals surface area contributed by atoms with Crippen molar-refractivity contribution in [3.05, 3.63) is 85.1 Å². The molecular formula is C27H31N5O2. The number of aryl methyl sites for hydroxylation is 2. The average Bonchev–Trinajstić information content (AvgIpc) is 3.47. The first-order valence-corrected chi connectivity index (χ1v) is 11.5. The molecule has 0 atom stereocenters. The van der Waals surface area contributed by atoms with E-state index in [0.29, 0.717) is 18.7 Å². The Kier molecular flexibility index (Phi) is 6.82. The van der Waals surface area contributed by atoms with E-state index >= 15 is 0 Å². The lowest BCUT2D eigenvalue weighted by Gasteiger charge is -2.37. The highest BCUT2D eigenvalue weighted by molar-refractivity contribution is 6.01. The maximum absolute atomic E-state index is 13.4. The van der Waals surface area contributed by atoms with E-state index in [1.165, 1.54) is 0 Å². The number of fused-ring (bicyclic) bond motifs is 1. The fraction of sp³-hybridized carbons (Fsp3) is 0.296. The van der Waals surface area contributed by atoms with Gasteiger partial charge in [0.05, 0.1) is 12.7 Å². The molecule has 0 radical (unpaired) electrons. The highest BCUT2D eigenvalue weighted by Crippen LogP contribution is 2.23. The summed E-state index contributed by atoms with van der Waals surface area (Å²) in [6, 6.07) is 17.5. The van der Waals surface area contributed by atoms with Crippen LogP contribution in [0.15, 0.2) is 79.5 Å². The molecule has 7 heteroatoms. The van der Waals surface area contributed by atoms with E-state index in [1.54, 1.807) is 17.4 Å². The fourth-order valence-corrected chi connectivity index (χ4v) is 4.18. The van der Waals surface area contributed by atoms with Gasteiger partial charge < -0.3 is 19.4 Å². The Morgan fingerprint density at radius 2 is 1.85 bits per heavy atom. The molecule has 0 unspecified atom stereocenters. The predicted octanol–water partition coefficient (Wildman–Crippen LogP) is 4.25. The zero-order valence-electron chi connectivity index (χ0n) is 19.9. The number of rotatable bonds is 9. The molecule has 2 heterocycles. The molecule has 34 heavy (non-hydrogen) atoms. The number of carbonyl (C=O) groups is 2. The first-order chi connectivity index (χ1) is 16.3. The highest BCUT2D eigenvalue weighted by atomic mass is 16.2. The largest absolute Gasteiger partial charge is 0.351 e. The van der Waals surface area contributed by atoms with Gasteiger partial charge in [-0.3, -0.25) is 9.59 Å². The zero-order chi connectivity index (χ0) is 24.1. The lowest BCUT2D eigenvalue weighted by atomic mass is 9.98. The molecular weight excluding hydrogens is 426 g/mol. The fourth-order valence-electron chi connectivity index (χ4n) is 4.18. The topological polar surface area (TPSA) is 72.2 Å². The quantitative estimate of drug-likeness (QED) is 0.408. The van der Waals surface area contributed by atoms with Crippen LogP contribution in [0.25, 0.3) is 10.9 Å². The van der Waals surface area contributed by atoms with Gasteiger partial charge in [-0.15, -0.1) is 0 Å². The maximum atomic E-state index is 13.4. The smallest absolute Gasteiger partial charge is 0.249 e. The van der Waals surface area contributed by atoms with Gasteiger partial charge in [-0.2, -0.15) is 0 Å². The van der Waals surface area contributed by atoms with Crippen LogP contribution in [0.2, 0.25) is 0 Å². The number of hydrogen-bond acceptors (Lipinski definition) is 3. The van der Waals surface area contributed by atoms with Crippen molar-refractivity contribution < 1.29 is 9.59 Å². The van der Waals surface area contributed by atoms with Crippen LogP contribution >= 0.6 is 0 Å². The van der Waals surface area contributed by atoms with E-state index in [0.717, 1.165) is 23.0 Å². The average molecular weight is 458 g/mol. The molecule has 4 aromatic rings. The minimum Gasteiger partial charge on any atom is -0.351 e. The van der Waals surface area contributed by atoms with Crippen molar-refractivity contribution in [2.45, 2.75) is 38.8 Å². The van der Waals surface area contributed by atoms with Crippen LogP contribution in [0.5, 0.6) is 0 Å². The van der Waals surface area contributed by atoms with Gasteiger partial charge in [0.1, 0.15) is 5.54 Å². The van der Waals surface area contributed by atoms with Crippen LogP contribution in [0, 0.1) is 0 Å².